The van der Waals surface area contributed by atoms with Crippen LogP contribution in [-0.4, -0.2) is 24.7 Å². The van der Waals surface area contributed by atoms with Crippen LogP contribution in [0.5, 0.6) is 5.75 Å². The van der Waals surface area contributed by atoms with E-state index in [1.165, 1.54) is 12.8 Å². The maximum atomic E-state index is 5.71. The minimum atomic E-state index is 0.691. The monoisotopic (exact) mass is 220 g/mol. The van der Waals surface area contributed by atoms with Crippen LogP contribution in [0, 0.1) is 5.92 Å². The Morgan fingerprint density at radius 3 is 2.50 bits per heavy atom. The average molecular weight is 220 g/mol. The van der Waals surface area contributed by atoms with E-state index < -0.39 is 0 Å². The molecular formula is C13H20N2O. The summed E-state index contributed by atoms with van der Waals surface area (Å²) in [6.45, 7) is 5.31. The number of nitrogen functional groups attached to an aromatic ring is 1. The SMILES string of the molecule is CC1CCN(COc2ccc(N)cc2)CC1. The van der Waals surface area contributed by atoms with Gasteiger partial charge in [0.05, 0.1) is 0 Å². The summed E-state index contributed by atoms with van der Waals surface area (Å²) in [6, 6.07) is 7.57. The zero-order valence-electron chi connectivity index (χ0n) is 9.86. The third-order valence-corrected chi connectivity index (χ3v) is 3.17. The van der Waals surface area contributed by atoms with Crippen LogP contribution in [0.4, 0.5) is 5.69 Å². The normalized spacial score (nSPS) is 18.6. The fourth-order valence-corrected chi connectivity index (χ4v) is 1.92. The zero-order valence-corrected chi connectivity index (χ0v) is 9.86. The summed E-state index contributed by atoms with van der Waals surface area (Å²) in [5.41, 5.74) is 6.39. The standard InChI is InChI=1S/C13H20N2O/c1-11-6-8-15(9-7-11)10-16-13-4-2-12(14)3-5-13/h2-5,11H,6-10,14H2,1H3. The van der Waals surface area contributed by atoms with Crippen molar-refractivity contribution in [1.29, 1.82) is 0 Å². The molecular weight excluding hydrogens is 200 g/mol. The van der Waals surface area contributed by atoms with Crippen LogP contribution in [0.15, 0.2) is 24.3 Å². The first kappa shape index (κ1) is 11.3. The number of piperidine rings is 1. The van der Waals surface area contributed by atoms with Crippen molar-refractivity contribution in [2.45, 2.75) is 19.8 Å². The summed E-state index contributed by atoms with van der Waals surface area (Å²) in [7, 11) is 0. The molecule has 1 saturated heterocycles. The molecule has 0 spiro atoms. The topological polar surface area (TPSA) is 38.5 Å². The van der Waals surface area contributed by atoms with E-state index in [1.807, 2.05) is 24.3 Å². The van der Waals surface area contributed by atoms with Crippen LogP contribution in [0.2, 0.25) is 0 Å². The largest absolute Gasteiger partial charge is 0.478 e. The first-order chi connectivity index (χ1) is 7.74. The zero-order chi connectivity index (χ0) is 11.4. The van der Waals surface area contributed by atoms with E-state index in [2.05, 4.69) is 11.8 Å². The minimum Gasteiger partial charge on any atom is -0.478 e. The van der Waals surface area contributed by atoms with E-state index in [0.29, 0.717) is 6.73 Å². The van der Waals surface area contributed by atoms with Crippen molar-refractivity contribution in [3.8, 4) is 5.75 Å². The molecule has 88 valence electrons. The van der Waals surface area contributed by atoms with Gasteiger partial charge >= 0.3 is 0 Å². The molecule has 3 heteroatoms. The van der Waals surface area contributed by atoms with E-state index in [0.717, 1.165) is 30.4 Å². The van der Waals surface area contributed by atoms with E-state index in [-0.39, 0.29) is 0 Å². The van der Waals surface area contributed by atoms with Gasteiger partial charge in [-0.1, -0.05) is 6.92 Å². The van der Waals surface area contributed by atoms with Crippen LogP contribution in [0.1, 0.15) is 19.8 Å². The molecule has 0 aromatic heterocycles. The highest BCUT2D eigenvalue weighted by Crippen LogP contribution is 2.17. The third-order valence-electron chi connectivity index (χ3n) is 3.17. The van der Waals surface area contributed by atoms with Crippen LogP contribution in [0.3, 0.4) is 0 Å². The molecule has 0 amide bonds. The summed E-state index contributed by atoms with van der Waals surface area (Å²) >= 11 is 0. The molecule has 2 N–H and O–H groups in total. The quantitative estimate of drug-likeness (QED) is 0.795. The van der Waals surface area contributed by atoms with Crippen LogP contribution >= 0.6 is 0 Å². The van der Waals surface area contributed by atoms with Crippen molar-refractivity contribution in [3.63, 3.8) is 0 Å². The first-order valence-electron chi connectivity index (χ1n) is 5.95. The van der Waals surface area contributed by atoms with Gasteiger partial charge in [0.2, 0.25) is 0 Å². The molecule has 1 aromatic rings. The molecule has 1 fully saturated rings. The van der Waals surface area contributed by atoms with Crippen molar-refractivity contribution < 1.29 is 4.74 Å². The summed E-state index contributed by atoms with van der Waals surface area (Å²) in [6.07, 6.45) is 2.57. The molecule has 0 saturated carbocycles. The van der Waals surface area contributed by atoms with Crippen LogP contribution in [0.25, 0.3) is 0 Å². The Hall–Kier alpha value is -1.22. The van der Waals surface area contributed by atoms with Gasteiger partial charge in [-0.2, -0.15) is 0 Å². The summed E-state index contributed by atoms with van der Waals surface area (Å²) in [5.74, 6) is 1.76. The van der Waals surface area contributed by atoms with E-state index in [4.69, 9.17) is 10.5 Å². The number of hydrogen-bond acceptors (Lipinski definition) is 3. The van der Waals surface area contributed by atoms with Crippen molar-refractivity contribution in [2.24, 2.45) is 5.92 Å². The molecule has 0 unspecified atom stereocenters. The number of nitrogens with two attached hydrogens (primary N) is 1. The number of benzene rings is 1. The van der Waals surface area contributed by atoms with Crippen LogP contribution < -0.4 is 10.5 Å². The fraction of sp³-hybridized carbons (Fsp3) is 0.538. The number of rotatable bonds is 3. The van der Waals surface area contributed by atoms with Crippen molar-refractivity contribution in [2.75, 3.05) is 25.6 Å². The molecule has 1 aliphatic heterocycles. The Kier molecular flexibility index (Phi) is 3.67. The number of nitrogens with zero attached hydrogens (tertiary/aromatic N) is 1. The number of hydrogen-bond donors (Lipinski definition) is 1. The highest BCUT2D eigenvalue weighted by molar-refractivity contribution is 5.41. The van der Waals surface area contributed by atoms with Crippen molar-refractivity contribution >= 4 is 5.69 Å². The predicted octanol–water partition coefficient (Wildman–Crippen LogP) is 2.34. The van der Waals surface area contributed by atoms with E-state index in [9.17, 15) is 0 Å². The first-order valence-corrected chi connectivity index (χ1v) is 5.95. The molecule has 0 aliphatic carbocycles. The highest BCUT2D eigenvalue weighted by atomic mass is 16.5. The summed E-state index contributed by atoms with van der Waals surface area (Å²) in [4.78, 5) is 2.36. The Morgan fingerprint density at radius 2 is 1.88 bits per heavy atom. The van der Waals surface area contributed by atoms with Gasteiger partial charge in [-0.3, -0.25) is 4.90 Å². The second-order valence-corrected chi connectivity index (χ2v) is 4.64. The van der Waals surface area contributed by atoms with Gasteiger partial charge in [0.15, 0.2) is 0 Å². The predicted molar refractivity (Wildman–Crippen MR) is 66.3 cm³/mol. The van der Waals surface area contributed by atoms with Gasteiger partial charge in [0.1, 0.15) is 12.5 Å². The molecule has 1 aromatic carbocycles. The lowest BCUT2D eigenvalue weighted by molar-refractivity contribution is 0.0914. The second kappa shape index (κ2) is 5.21. The maximum absolute atomic E-state index is 5.71. The van der Waals surface area contributed by atoms with Gasteiger partial charge in [0, 0.05) is 18.8 Å². The molecule has 0 bridgehead atoms. The van der Waals surface area contributed by atoms with Gasteiger partial charge in [-0.15, -0.1) is 0 Å². The Bertz CT molecular complexity index is 315. The molecule has 16 heavy (non-hydrogen) atoms. The number of anilines is 1. The maximum Gasteiger partial charge on any atom is 0.142 e. The molecule has 0 radical (unpaired) electrons. The van der Waals surface area contributed by atoms with Gasteiger partial charge < -0.3 is 10.5 Å². The van der Waals surface area contributed by atoms with Gasteiger partial charge in [-0.05, 0) is 43.0 Å². The minimum absolute atomic E-state index is 0.691. The molecule has 1 aliphatic rings. The molecule has 1 heterocycles. The second-order valence-electron chi connectivity index (χ2n) is 4.64. The van der Waals surface area contributed by atoms with E-state index in [1.54, 1.807) is 0 Å². The molecule has 3 nitrogen and oxygen atoms in total. The smallest absolute Gasteiger partial charge is 0.142 e. The lowest BCUT2D eigenvalue weighted by atomic mass is 10.00. The fourth-order valence-electron chi connectivity index (χ4n) is 1.92. The summed E-state index contributed by atoms with van der Waals surface area (Å²) in [5, 5.41) is 0. The molecule has 0 atom stereocenters. The third kappa shape index (κ3) is 3.14. The Morgan fingerprint density at radius 1 is 1.25 bits per heavy atom. The van der Waals surface area contributed by atoms with Crippen LogP contribution in [-0.2, 0) is 0 Å². The van der Waals surface area contributed by atoms with E-state index >= 15 is 0 Å². The highest BCUT2D eigenvalue weighted by Gasteiger charge is 2.15. The van der Waals surface area contributed by atoms with Crippen molar-refractivity contribution in [1.82, 2.24) is 4.90 Å². The number of ether oxygens (including phenoxy) is 1. The lowest BCUT2D eigenvalue weighted by Gasteiger charge is -2.29. The van der Waals surface area contributed by atoms with Gasteiger partial charge in [-0.25, -0.2) is 0 Å². The van der Waals surface area contributed by atoms with Gasteiger partial charge in [0.25, 0.3) is 0 Å². The Balaban J connectivity index is 1.77. The summed E-state index contributed by atoms with van der Waals surface area (Å²) < 4.78 is 5.71. The molecule has 2 rings (SSSR count). The van der Waals surface area contributed by atoms with Crippen molar-refractivity contribution in [3.05, 3.63) is 24.3 Å². The lowest BCUT2D eigenvalue weighted by Crippen LogP contribution is -2.35. The average Bonchev–Trinajstić information content (AvgIpc) is 2.30. The number of likely N-dealkylation sites (tertiary alicyclic amines) is 1. The Labute approximate surface area is 97.2 Å².